The number of nitrogens with zero attached hydrogens (tertiary/aromatic N) is 3. The van der Waals surface area contributed by atoms with Crippen molar-refractivity contribution >= 4 is 11.7 Å². The molecule has 2 heterocycles. The van der Waals surface area contributed by atoms with Crippen molar-refractivity contribution in [1.82, 2.24) is 9.30 Å². The minimum atomic E-state index is -4.47. The Labute approximate surface area is 160 Å². The van der Waals surface area contributed by atoms with Crippen LogP contribution < -0.4 is 21.7 Å². The molecule has 0 saturated heterocycles. The van der Waals surface area contributed by atoms with Gasteiger partial charge in [-0.2, -0.15) is 17.6 Å². The van der Waals surface area contributed by atoms with Crippen LogP contribution in [-0.2, 0) is 13.2 Å². The van der Waals surface area contributed by atoms with E-state index in [1.807, 2.05) is 0 Å². The Morgan fingerprint density at radius 2 is 1.81 bits per heavy atom. The Kier molecular flexibility index (Phi) is 5.70. The van der Waals surface area contributed by atoms with Gasteiger partial charge in [0, 0.05) is 25.7 Å². The largest absolute Gasteiger partial charge is 1.00 e. The van der Waals surface area contributed by atoms with Crippen molar-refractivity contribution < 1.29 is 39.7 Å². The molecule has 9 heteroatoms. The lowest BCUT2D eigenvalue weighted by Gasteiger charge is -2.10. The number of aryl methyl sites for hydroxylation is 1. The lowest BCUT2D eigenvalue weighted by Crippen LogP contribution is -3.00. The average Bonchev–Trinajstić information content (AvgIpc) is 2.91. The molecule has 0 N–H and O–H groups in total. The van der Waals surface area contributed by atoms with Crippen LogP contribution in [0.1, 0.15) is 5.69 Å². The van der Waals surface area contributed by atoms with E-state index in [1.165, 1.54) is 17.2 Å². The molecule has 0 radical (unpaired) electrons. The van der Waals surface area contributed by atoms with Gasteiger partial charge in [-0.1, -0.05) is 12.1 Å². The molecule has 2 aromatic heterocycles. The fraction of sp³-hybridized carbons (Fsp3) is 0.222. The fourth-order valence-corrected chi connectivity index (χ4v) is 2.66. The van der Waals surface area contributed by atoms with Crippen molar-refractivity contribution in [1.29, 1.82) is 0 Å². The predicted molar refractivity (Wildman–Crippen MR) is 88.7 cm³/mol. The van der Waals surface area contributed by atoms with E-state index < -0.39 is 18.0 Å². The van der Waals surface area contributed by atoms with Crippen molar-refractivity contribution in [2.24, 2.45) is 7.05 Å². The Morgan fingerprint density at radius 1 is 1.15 bits per heavy atom. The number of benzene rings is 1. The third-order valence-electron chi connectivity index (χ3n) is 3.95. The molecule has 0 atom stereocenters. The number of carbonyl (C=O) groups is 1. The molecule has 0 aliphatic heterocycles. The van der Waals surface area contributed by atoms with Gasteiger partial charge in [0.2, 0.25) is 5.69 Å². The zero-order valence-electron chi connectivity index (χ0n) is 14.8. The summed E-state index contributed by atoms with van der Waals surface area (Å²) in [6.45, 7) is 0. The third kappa shape index (κ3) is 4.00. The highest BCUT2D eigenvalue weighted by molar-refractivity contribution is 5.71. The van der Waals surface area contributed by atoms with E-state index in [0.29, 0.717) is 22.7 Å². The van der Waals surface area contributed by atoms with Crippen LogP contribution in [0.2, 0.25) is 0 Å². The molecule has 0 aliphatic rings. The lowest BCUT2D eigenvalue weighted by molar-refractivity contribution is -0.633. The number of imidazole rings is 1. The van der Waals surface area contributed by atoms with Crippen molar-refractivity contribution in [2.45, 2.75) is 6.18 Å². The molecule has 0 aliphatic carbocycles. The first-order valence-electron chi connectivity index (χ1n) is 7.75. The van der Waals surface area contributed by atoms with Gasteiger partial charge in [0.25, 0.3) is 5.65 Å². The first-order chi connectivity index (χ1) is 12.2. The number of hydrogen-bond donors (Lipinski definition) is 0. The molecule has 0 bridgehead atoms. The summed E-state index contributed by atoms with van der Waals surface area (Å²) in [5.41, 5.74) is 0.829. The predicted octanol–water partition coefficient (Wildman–Crippen LogP) is 0.514. The summed E-state index contributed by atoms with van der Waals surface area (Å²) in [6, 6.07) is 10.7. The average molecular weight is 400 g/mol. The number of carbonyl (C=O) groups excluding carboxylic acids is 1. The molecular weight excluding hydrogens is 383 g/mol. The van der Waals surface area contributed by atoms with Crippen molar-refractivity contribution in [2.75, 3.05) is 14.1 Å². The minimum absolute atomic E-state index is 0. The van der Waals surface area contributed by atoms with Crippen LogP contribution in [0.4, 0.5) is 18.0 Å². The van der Waals surface area contributed by atoms with E-state index in [-0.39, 0.29) is 12.4 Å². The van der Waals surface area contributed by atoms with Crippen LogP contribution in [0.25, 0.3) is 16.9 Å². The maximum absolute atomic E-state index is 13.3. The number of pyridine rings is 1. The Morgan fingerprint density at radius 3 is 2.44 bits per heavy atom. The van der Waals surface area contributed by atoms with Gasteiger partial charge in [0.15, 0.2) is 5.69 Å². The number of ether oxygens (including phenoxy) is 1. The number of amides is 1. The van der Waals surface area contributed by atoms with E-state index in [1.54, 1.807) is 56.0 Å². The summed E-state index contributed by atoms with van der Waals surface area (Å²) >= 11 is 0. The summed E-state index contributed by atoms with van der Waals surface area (Å²) in [4.78, 5) is 13.0. The first kappa shape index (κ1) is 20.6. The van der Waals surface area contributed by atoms with Crippen LogP contribution in [0.15, 0.2) is 48.7 Å². The quantitative estimate of drug-likeness (QED) is 0.589. The van der Waals surface area contributed by atoms with Crippen LogP contribution >= 0.6 is 0 Å². The lowest BCUT2D eigenvalue weighted by atomic mass is 10.1. The number of aromatic nitrogens is 2. The number of halogens is 4. The van der Waals surface area contributed by atoms with Gasteiger partial charge < -0.3 is 22.0 Å². The van der Waals surface area contributed by atoms with Crippen LogP contribution in [0.5, 0.6) is 5.75 Å². The van der Waals surface area contributed by atoms with E-state index in [2.05, 4.69) is 0 Å². The summed E-state index contributed by atoms with van der Waals surface area (Å²) in [5, 5.41) is 0. The Bertz CT molecular complexity index is 984. The SMILES string of the molecule is CN(C)C(=O)Oc1cccc(-c2cn3c(C(F)(F)F)cccc3[n+]2C)c1.[Cl-]. The number of hydrogen-bond acceptors (Lipinski definition) is 2. The zero-order chi connectivity index (χ0) is 19.1. The maximum Gasteiger partial charge on any atom is 0.453 e. The van der Waals surface area contributed by atoms with E-state index >= 15 is 0 Å². The summed E-state index contributed by atoms with van der Waals surface area (Å²) in [7, 11) is 4.81. The molecule has 1 aromatic carbocycles. The van der Waals surface area contributed by atoms with E-state index in [4.69, 9.17) is 4.74 Å². The highest BCUT2D eigenvalue weighted by Gasteiger charge is 2.38. The van der Waals surface area contributed by atoms with E-state index in [9.17, 15) is 18.0 Å². The molecule has 3 aromatic rings. The van der Waals surface area contributed by atoms with Crippen LogP contribution in [-0.4, -0.2) is 29.5 Å². The van der Waals surface area contributed by atoms with Crippen molar-refractivity contribution in [3.05, 3.63) is 54.4 Å². The van der Waals surface area contributed by atoms with E-state index in [0.717, 1.165) is 10.5 Å². The zero-order valence-corrected chi connectivity index (χ0v) is 15.5. The highest BCUT2D eigenvalue weighted by atomic mass is 35.5. The van der Waals surface area contributed by atoms with Crippen molar-refractivity contribution in [3.8, 4) is 17.0 Å². The smallest absolute Gasteiger partial charge is 0.453 e. The molecule has 0 spiro atoms. The molecule has 1 amide bonds. The topological polar surface area (TPSA) is 37.8 Å². The second-order valence-corrected chi connectivity index (χ2v) is 6.00. The number of fused-ring (bicyclic) bond motifs is 1. The molecule has 0 saturated carbocycles. The monoisotopic (exact) mass is 399 g/mol. The fourth-order valence-electron chi connectivity index (χ4n) is 2.66. The van der Waals surface area contributed by atoms with Crippen molar-refractivity contribution in [3.63, 3.8) is 0 Å². The molecule has 5 nitrogen and oxygen atoms in total. The molecule has 0 fully saturated rings. The highest BCUT2D eigenvalue weighted by Crippen LogP contribution is 2.31. The Hall–Kier alpha value is -2.74. The normalized spacial score (nSPS) is 11.2. The van der Waals surface area contributed by atoms with Gasteiger partial charge >= 0.3 is 12.3 Å². The second-order valence-electron chi connectivity index (χ2n) is 6.00. The standard InChI is InChI=1S/C18H17F3N3O2.ClH/c1-22(2)17(25)26-13-7-4-6-12(10-13)14-11-24-15(18(19,20)21)8-5-9-16(24)23(14)3;/h4-11H,1-3H3;1H/q+1;/p-1. The van der Waals surface area contributed by atoms with Gasteiger partial charge in [0.05, 0.1) is 7.05 Å². The second kappa shape index (κ2) is 7.48. The maximum atomic E-state index is 13.3. The number of alkyl halides is 3. The third-order valence-corrected chi connectivity index (χ3v) is 3.95. The summed E-state index contributed by atoms with van der Waals surface area (Å²) < 4.78 is 47.7. The van der Waals surface area contributed by atoms with Gasteiger partial charge in [-0.15, -0.1) is 0 Å². The van der Waals surface area contributed by atoms with Gasteiger partial charge in [-0.05, 0) is 24.3 Å². The summed E-state index contributed by atoms with van der Waals surface area (Å²) in [5.74, 6) is 0.313. The minimum Gasteiger partial charge on any atom is -1.00 e. The molecule has 0 unspecified atom stereocenters. The van der Waals surface area contributed by atoms with Crippen LogP contribution in [0, 0.1) is 0 Å². The first-order valence-corrected chi connectivity index (χ1v) is 7.75. The van der Waals surface area contributed by atoms with Crippen LogP contribution in [0.3, 0.4) is 0 Å². The van der Waals surface area contributed by atoms with Gasteiger partial charge in [-0.3, -0.25) is 0 Å². The summed E-state index contributed by atoms with van der Waals surface area (Å²) in [6.07, 6.45) is -3.58. The van der Waals surface area contributed by atoms with Gasteiger partial charge in [0.1, 0.15) is 11.9 Å². The van der Waals surface area contributed by atoms with Gasteiger partial charge in [-0.25, -0.2) is 9.36 Å². The molecule has 144 valence electrons. The molecule has 27 heavy (non-hydrogen) atoms. The number of rotatable bonds is 2. The molecule has 3 rings (SSSR count). The molecular formula is C18H17ClF3N3O2. The Balaban J connectivity index is 0.00000261.